The Balaban J connectivity index is 1.54. The second-order valence-electron chi connectivity index (χ2n) is 14.9. The van der Waals surface area contributed by atoms with Crippen molar-refractivity contribution in [2.75, 3.05) is 0 Å². The van der Waals surface area contributed by atoms with Crippen LogP contribution in [-0.4, -0.2) is 35.3 Å². The smallest absolute Gasteiger partial charge is 0.200 e. The van der Waals surface area contributed by atoms with Crippen molar-refractivity contribution < 1.29 is 87.8 Å². The number of hydrogen-bond donors (Lipinski definition) is 3. The molecule has 0 saturated carbocycles. The maximum absolute atomic E-state index is 16.1. The molecule has 2 aliphatic heterocycles. The third-order valence-electron chi connectivity index (χ3n) is 11.1. The predicted octanol–water partition coefficient (Wildman–Crippen LogP) is 13.4. The summed E-state index contributed by atoms with van der Waals surface area (Å²) in [6.45, 7) is 0. The van der Waals surface area contributed by atoms with Gasteiger partial charge in [-0.1, -0.05) is 0 Å². The molecular formula is C44H9F20N7. The van der Waals surface area contributed by atoms with E-state index in [1.165, 1.54) is 0 Å². The maximum atomic E-state index is 16.1. The summed E-state index contributed by atoms with van der Waals surface area (Å²) < 4.78 is 306. The molecule has 0 aliphatic carbocycles. The Labute approximate surface area is 376 Å². The van der Waals surface area contributed by atoms with Crippen LogP contribution >= 0.6 is 0 Å². The van der Waals surface area contributed by atoms with Gasteiger partial charge < -0.3 is 9.97 Å². The van der Waals surface area contributed by atoms with Crippen molar-refractivity contribution in [3.8, 4) is 67.3 Å². The Morgan fingerprint density at radius 2 is 0.465 bits per heavy atom. The van der Waals surface area contributed by atoms with E-state index in [1.807, 2.05) is 5.21 Å². The van der Waals surface area contributed by atoms with E-state index in [4.69, 9.17) is 0 Å². The van der Waals surface area contributed by atoms with Gasteiger partial charge in [-0.05, 0) is 36.4 Å². The molecule has 6 heterocycles. The first-order valence-corrected chi connectivity index (χ1v) is 19.1. The van der Waals surface area contributed by atoms with Gasteiger partial charge in [-0.2, -0.15) is 15.4 Å². The predicted molar refractivity (Wildman–Crippen MR) is 205 cm³/mol. The van der Waals surface area contributed by atoms with Crippen molar-refractivity contribution in [2.45, 2.75) is 0 Å². The van der Waals surface area contributed by atoms with E-state index in [9.17, 15) is 17.6 Å². The van der Waals surface area contributed by atoms with Crippen molar-refractivity contribution in [2.24, 2.45) is 0 Å². The van der Waals surface area contributed by atoms with Crippen molar-refractivity contribution in [1.29, 1.82) is 0 Å². The summed E-state index contributed by atoms with van der Waals surface area (Å²) in [5.74, 6) is -53.3. The second kappa shape index (κ2) is 16.0. The number of fused-ring (bicyclic) bond motifs is 11. The zero-order valence-corrected chi connectivity index (χ0v) is 33.3. The molecule has 0 radical (unpaired) electrons. The van der Waals surface area contributed by atoms with E-state index < -0.39 is 217 Å². The monoisotopic (exact) mass is 1020 g/mol. The molecule has 360 valence electrons. The van der Waals surface area contributed by atoms with Crippen LogP contribution in [0.1, 0.15) is 11.4 Å². The molecule has 4 aromatic heterocycles. The topological polar surface area (TPSA) is 98.9 Å². The molecule has 0 atom stereocenters. The van der Waals surface area contributed by atoms with Crippen LogP contribution in [0.2, 0.25) is 0 Å². The first-order chi connectivity index (χ1) is 33.6. The van der Waals surface area contributed by atoms with Gasteiger partial charge in [0.2, 0.25) is 23.3 Å². The van der Waals surface area contributed by atoms with E-state index in [-0.39, 0.29) is 0 Å². The van der Waals surface area contributed by atoms with Gasteiger partial charge in [0, 0.05) is 44.3 Å². The minimum Gasteiger partial charge on any atom is -0.354 e. The second-order valence-corrected chi connectivity index (χ2v) is 14.9. The van der Waals surface area contributed by atoms with Gasteiger partial charge in [0.25, 0.3) is 0 Å². The van der Waals surface area contributed by atoms with Crippen LogP contribution in [-0.2, 0) is 0 Å². The Morgan fingerprint density at radius 3 is 0.732 bits per heavy atom. The summed E-state index contributed by atoms with van der Waals surface area (Å²) in [4.78, 5) is 12.4. The number of aromatic nitrogens is 7. The SMILES string of the molecule is Fc1c(F)c(F)c(-c2c3nc(c(-c4c(F)c(F)c(F)c(F)c4F)c4ccc([nH]4)c(-c4c(F)c(F)c(F)c(F)c4F)c4nc(c(-c5c(F)c(F)c(F)c(F)c5F)c5ccc2[nH]5)-c2n[nH]nc2-4)C=C3)c(F)c1F. The zero-order chi connectivity index (χ0) is 51.1. The molecule has 8 aromatic rings. The highest BCUT2D eigenvalue weighted by molar-refractivity contribution is 6.04. The van der Waals surface area contributed by atoms with Gasteiger partial charge in [-0.15, -0.1) is 0 Å². The standard InChI is InChI=1S/C44H9F20N7/c45-21-17(22(46)30(54)37(61)29(21)53)13-7-1-2-8(65-7)14(18-23(47)31(55)38(62)32(56)24(18)48)10-4-6-12(67-10)16(20-27(51)35(59)40(64)36(60)28(20)52)42-44-43(69-71-70-44)41(68-42)15(11-5-3-9(13)66-11)19-25(49)33(57)39(63)34(58)26(19)50/h1-6,66-67H,(H,69,70,71). The fourth-order valence-corrected chi connectivity index (χ4v) is 8.00. The number of nitrogens with one attached hydrogen (secondary N) is 3. The molecular weight excluding hydrogens is 1010 g/mol. The molecule has 4 aromatic carbocycles. The lowest BCUT2D eigenvalue weighted by atomic mass is 9.99. The lowest BCUT2D eigenvalue weighted by Gasteiger charge is -2.12. The third kappa shape index (κ3) is 6.39. The van der Waals surface area contributed by atoms with Crippen LogP contribution in [0.3, 0.4) is 0 Å². The summed E-state index contributed by atoms with van der Waals surface area (Å²) >= 11 is 0. The molecule has 27 heteroatoms. The number of hydrogen-bond acceptors (Lipinski definition) is 4. The molecule has 0 saturated heterocycles. The van der Waals surface area contributed by atoms with Gasteiger partial charge in [-0.3, -0.25) is 0 Å². The lowest BCUT2D eigenvalue weighted by molar-refractivity contribution is 0.381. The van der Waals surface area contributed by atoms with E-state index in [2.05, 4.69) is 30.1 Å². The van der Waals surface area contributed by atoms with Crippen molar-refractivity contribution in [3.63, 3.8) is 0 Å². The summed E-state index contributed by atoms with van der Waals surface area (Å²) in [5.41, 5.74) is -23.5. The molecule has 0 spiro atoms. The van der Waals surface area contributed by atoms with Crippen LogP contribution in [0.5, 0.6) is 0 Å². The summed E-state index contributed by atoms with van der Waals surface area (Å²) in [6.07, 6.45) is 1.17. The minimum absolute atomic E-state index is 0.585. The van der Waals surface area contributed by atoms with E-state index in [0.717, 1.165) is 0 Å². The Hall–Kier alpha value is -8.52. The summed E-state index contributed by atoms with van der Waals surface area (Å²) in [6, 6.07) is 2.38. The molecule has 3 N–H and O–H groups in total. The lowest BCUT2D eigenvalue weighted by Crippen LogP contribution is -2.06. The van der Waals surface area contributed by atoms with Crippen molar-refractivity contribution in [1.82, 2.24) is 35.3 Å². The van der Waals surface area contributed by atoms with Crippen LogP contribution in [0.15, 0.2) is 24.3 Å². The van der Waals surface area contributed by atoms with E-state index in [0.29, 0.717) is 36.4 Å². The van der Waals surface area contributed by atoms with Gasteiger partial charge in [-0.25, -0.2) is 97.8 Å². The Morgan fingerprint density at radius 1 is 0.239 bits per heavy atom. The molecule has 0 unspecified atom stereocenters. The fourth-order valence-electron chi connectivity index (χ4n) is 8.00. The molecule has 10 rings (SSSR count). The Bertz CT molecular complexity index is 3610. The number of aromatic amines is 3. The molecule has 8 bridgehead atoms. The van der Waals surface area contributed by atoms with Crippen LogP contribution in [0.4, 0.5) is 87.8 Å². The van der Waals surface area contributed by atoms with E-state index in [1.54, 1.807) is 0 Å². The maximum Gasteiger partial charge on any atom is 0.200 e. The van der Waals surface area contributed by atoms with Crippen molar-refractivity contribution in [3.05, 3.63) is 152 Å². The summed E-state index contributed by atoms with van der Waals surface area (Å²) in [7, 11) is 0. The number of rotatable bonds is 4. The minimum atomic E-state index is -2.75. The first kappa shape index (κ1) is 46.2. The highest BCUT2D eigenvalue weighted by Crippen LogP contribution is 2.49. The number of benzene rings is 4. The molecule has 7 nitrogen and oxygen atoms in total. The normalized spacial score (nSPS) is 12.2. The number of H-pyrrole nitrogens is 3. The van der Waals surface area contributed by atoms with Crippen LogP contribution in [0.25, 0.3) is 102 Å². The molecule has 71 heavy (non-hydrogen) atoms. The van der Waals surface area contributed by atoms with Crippen LogP contribution in [0, 0.1) is 116 Å². The summed E-state index contributed by atoms with van der Waals surface area (Å²) in [5, 5.41) is 9.35. The van der Waals surface area contributed by atoms with Gasteiger partial charge in [0.1, 0.15) is 22.8 Å². The van der Waals surface area contributed by atoms with Gasteiger partial charge >= 0.3 is 0 Å². The van der Waals surface area contributed by atoms with Gasteiger partial charge in [0.05, 0.1) is 33.6 Å². The molecule has 2 aliphatic rings. The fraction of sp³-hybridized carbons (Fsp3) is 0. The molecule has 0 amide bonds. The number of halogens is 20. The first-order valence-electron chi connectivity index (χ1n) is 19.1. The number of nitrogens with zero attached hydrogens (tertiary/aromatic N) is 4. The largest absolute Gasteiger partial charge is 0.354 e. The van der Waals surface area contributed by atoms with Gasteiger partial charge in [0.15, 0.2) is 93.1 Å². The zero-order valence-electron chi connectivity index (χ0n) is 33.3. The molecule has 0 fully saturated rings. The highest BCUT2D eigenvalue weighted by atomic mass is 19.2. The third-order valence-corrected chi connectivity index (χ3v) is 11.1. The highest BCUT2D eigenvalue weighted by Gasteiger charge is 2.38. The van der Waals surface area contributed by atoms with E-state index >= 15 is 70.2 Å². The Kier molecular flexibility index (Phi) is 10.4. The average Bonchev–Trinajstić information content (AvgIpc) is 4.23. The quantitative estimate of drug-likeness (QED) is 0.0929. The average molecular weight is 1020 g/mol. The van der Waals surface area contributed by atoms with Crippen LogP contribution < -0.4 is 0 Å². The van der Waals surface area contributed by atoms with Crippen molar-refractivity contribution >= 4 is 34.2 Å².